The molecule has 0 aromatic rings. The maximum absolute atomic E-state index is 2.53. The Bertz CT molecular complexity index is 238. The number of rotatable bonds is 17. The lowest BCUT2D eigenvalue weighted by atomic mass is 9.89. The standard InChI is InChI=1S/C23H46/c1-5-7-9-11-12-13-14-15-17-19-21-23(22(3)4)20-18-16-10-8-6-2/h19,21-23H,5-18,20H2,1-4H3/b21-19+. The molecule has 0 rings (SSSR count). The zero-order valence-electron chi connectivity index (χ0n) is 16.9. The first kappa shape index (κ1) is 22.7. The summed E-state index contributed by atoms with van der Waals surface area (Å²) in [5, 5.41) is 0. The third-order valence-electron chi connectivity index (χ3n) is 5.10. The van der Waals surface area contributed by atoms with E-state index < -0.39 is 0 Å². The van der Waals surface area contributed by atoms with Gasteiger partial charge in [-0.2, -0.15) is 0 Å². The molecule has 23 heavy (non-hydrogen) atoms. The van der Waals surface area contributed by atoms with E-state index in [4.69, 9.17) is 0 Å². The van der Waals surface area contributed by atoms with Crippen molar-refractivity contribution in [3.63, 3.8) is 0 Å². The molecular formula is C23H46. The van der Waals surface area contributed by atoms with Crippen molar-refractivity contribution in [2.45, 2.75) is 124 Å². The summed E-state index contributed by atoms with van der Waals surface area (Å²) >= 11 is 0. The first-order chi connectivity index (χ1) is 11.2. The van der Waals surface area contributed by atoms with Gasteiger partial charge in [0, 0.05) is 0 Å². The summed E-state index contributed by atoms with van der Waals surface area (Å²) in [6, 6.07) is 0. The number of hydrogen-bond donors (Lipinski definition) is 0. The fourth-order valence-electron chi connectivity index (χ4n) is 3.30. The Hall–Kier alpha value is -0.260. The van der Waals surface area contributed by atoms with Gasteiger partial charge in [0.1, 0.15) is 0 Å². The van der Waals surface area contributed by atoms with Gasteiger partial charge in [-0.25, -0.2) is 0 Å². The molecule has 0 heteroatoms. The highest BCUT2D eigenvalue weighted by molar-refractivity contribution is 4.89. The fraction of sp³-hybridized carbons (Fsp3) is 0.913. The van der Waals surface area contributed by atoms with Crippen molar-refractivity contribution in [2.24, 2.45) is 11.8 Å². The van der Waals surface area contributed by atoms with Crippen LogP contribution in [0.25, 0.3) is 0 Å². The van der Waals surface area contributed by atoms with Crippen molar-refractivity contribution in [1.82, 2.24) is 0 Å². The maximum atomic E-state index is 2.53. The van der Waals surface area contributed by atoms with E-state index in [1.165, 1.54) is 96.3 Å². The smallest absolute Gasteiger partial charge is 0.0210 e. The normalized spacial score (nSPS) is 13.3. The highest BCUT2D eigenvalue weighted by Gasteiger charge is 2.08. The molecule has 0 saturated heterocycles. The van der Waals surface area contributed by atoms with Gasteiger partial charge in [0.15, 0.2) is 0 Å². The molecule has 0 saturated carbocycles. The third kappa shape index (κ3) is 16.4. The summed E-state index contributed by atoms with van der Waals surface area (Å²) < 4.78 is 0. The Balaban J connectivity index is 3.58. The predicted octanol–water partition coefficient (Wildman–Crippen LogP) is 8.71. The Morgan fingerprint density at radius 3 is 1.61 bits per heavy atom. The van der Waals surface area contributed by atoms with Crippen LogP contribution < -0.4 is 0 Å². The Morgan fingerprint density at radius 2 is 1.09 bits per heavy atom. The minimum Gasteiger partial charge on any atom is -0.0883 e. The van der Waals surface area contributed by atoms with Gasteiger partial charge >= 0.3 is 0 Å². The Labute approximate surface area is 148 Å². The Kier molecular flexibility index (Phi) is 17.9. The van der Waals surface area contributed by atoms with Crippen LogP contribution in [0.2, 0.25) is 0 Å². The zero-order valence-corrected chi connectivity index (χ0v) is 16.9. The molecule has 1 atom stereocenters. The first-order valence-electron chi connectivity index (χ1n) is 10.9. The molecule has 0 aliphatic heterocycles. The summed E-state index contributed by atoms with van der Waals surface area (Å²) in [6.07, 6.45) is 26.2. The van der Waals surface area contributed by atoms with Crippen molar-refractivity contribution >= 4 is 0 Å². The van der Waals surface area contributed by atoms with Gasteiger partial charge in [-0.3, -0.25) is 0 Å². The van der Waals surface area contributed by atoms with Gasteiger partial charge < -0.3 is 0 Å². The van der Waals surface area contributed by atoms with Crippen LogP contribution in [0.1, 0.15) is 124 Å². The fourth-order valence-corrected chi connectivity index (χ4v) is 3.30. The summed E-state index contributed by atoms with van der Waals surface area (Å²) in [6.45, 7) is 9.36. The first-order valence-corrected chi connectivity index (χ1v) is 10.9. The average Bonchev–Trinajstić information content (AvgIpc) is 2.54. The van der Waals surface area contributed by atoms with E-state index in [1.54, 1.807) is 0 Å². The van der Waals surface area contributed by atoms with Crippen LogP contribution >= 0.6 is 0 Å². The van der Waals surface area contributed by atoms with E-state index in [-0.39, 0.29) is 0 Å². The minimum atomic E-state index is 0.802. The van der Waals surface area contributed by atoms with Crippen LogP contribution in [0.3, 0.4) is 0 Å². The molecule has 0 spiro atoms. The molecule has 0 aromatic carbocycles. The van der Waals surface area contributed by atoms with Crippen molar-refractivity contribution in [3.05, 3.63) is 12.2 Å². The summed E-state index contributed by atoms with van der Waals surface area (Å²) in [5.41, 5.74) is 0. The van der Waals surface area contributed by atoms with Crippen molar-refractivity contribution in [1.29, 1.82) is 0 Å². The second-order valence-electron chi connectivity index (χ2n) is 7.80. The molecule has 0 radical (unpaired) electrons. The molecule has 0 aromatic heterocycles. The molecular weight excluding hydrogens is 276 g/mol. The second-order valence-corrected chi connectivity index (χ2v) is 7.80. The topological polar surface area (TPSA) is 0 Å². The quantitative estimate of drug-likeness (QED) is 0.185. The van der Waals surface area contributed by atoms with E-state index in [0.29, 0.717) is 0 Å². The lowest BCUT2D eigenvalue weighted by Gasteiger charge is -2.16. The monoisotopic (exact) mass is 322 g/mol. The van der Waals surface area contributed by atoms with Crippen LogP contribution in [0, 0.1) is 11.8 Å². The van der Waals surface area contributed by atoms with Crippen LogP contribution in [-0.2, 0) is 0 Å². The van der Waals surface area contributed by atoms with Crippen molar-refractivity contribution in [3.8, 4) is 0 Å². The highest BCUT2D eigenvalue weighted by Crippen LogP contribution is 2.21. The predicted molar refractivity (Wildman–Crippen MR) is 108 cm³/mol. The third-order valence-corrected chi connectivity index (χ3v) is 5.10. The van der Waals surface area contributed by atoms with Crippen LogP contribution in [-0.4, -0.2) is 0 Å². The summed E-state index contributed by atoms with van der Waals surface area (Å²) in [5.74, 6) is 1.61. The molecule has 0 heterocycles. The molecule has 0 bridgehead atoms. The molecule has 1 unspecified atom stereocenters. The molecule has 0 nitrogen and oxygen atoms in total. The summed E-state index contributed by atoms with van der Waals surface area (Å²) in [4.78, 5) is 0. The van der Waals surface area contributed by atoms with Gasteiger partial charge in [-0.05, 0) is 31.1 Å². The SMILES string of the molecule is CCCCCCCCCC/C=C/C(CCCCCCC)C(C)C. The van der Waals surface area contributed by atoms with Crippen molar-refractivity contribution < 1.29 is 0 Å². The maximum Gasteiger partial charge on any atom is -0.0210 e. The molecule has 0 fully saturated rings. The minimum absolute atomic E-state index is 0.802. The lowest BCUT2D eigenvalue weighted by molar-refractivity contribution is 0.413. The van der Waals surface area contributed by atoms with E-state index >= 15 is 0 Å². The average molecular weight is 323 g/mol. The van der Waals surface area contributed by atoms with Gasteiger partial charge in [0.05, 0.1) is 0 Å². The summed E-state index contributed by atoms with van der Waals surface area (Å²) in [7, 11) is 0. The van der Waals surface area contributed by atoms with Gasteiger partial charge in [0.2, 0.25) is 0 Å². The molecule has 0 aliphatic carbocycles. The van der Waals surface area contributed by atoms with Crippen molar-refractivity contribution in [2.75, 3.05) is 0 Å². The van der Waals surface area contributed by atoms with Crippen LogP contribution in [0.5, 0.6) is 0 Å². The van der Waals surface area contributed by atoms with E-state index in [1.807, 2.05) is 0 Å². The van der Waals surface area contributed by atoms with E-state index in [9.17, 15) is 0 Å². The van der Waals surface area contributed by atoms with Gasteiger partial charge in [-0.1, -0.05) is 117 Å². The largest absolute Gasteiger partial charge is 0.0883 e. The Morgan fingerprint density at radius 1 is 0.609 bits per heavy atom. The second kappa shape index (κ2) is 18.1. The van der Waals surface area contributed by atoms with Crippen LogP contribution in [0.4, 0.5) is 0 Å². The molecule has 0 amide bonds. The van der Waals surface area contributed by atoms with Crippen LogP contribution in [0.15, 0.2) is 12.2 Å². The lowest BCUT2D eigenvalue weighted by Crippen LogP contribution is -2.05. The van der Waals surface area contributed by atoms with Gasteiger partial charge in [-0.15, -0.1) is 0 Å². The molecule has 138 valence electrons. The number of allylic oxidation sites excluding steroid dienone is 2. The molecule has 0 N–H and O–H groups in total. The highest BCUT2D eigenvalue weighted by atomic mass is 14.1. The number of unbranched alkanes of at least 4 members (excludes halogenated alkanes) is 12. The zero-order chi connectivity index (χ0) is 17.2. The number of hydrogen-bond acceptors (Lipinski definition) is 0. The molecule has 0 aliphatic rings. The van der Waals surface area contributed by atoms with E-state index in [2.05, 4.69) is 39.8 Å². The van der Waals surface area contributed by atoms with Gasteiger partial charge in [0.25, 0.3) is 0 Å². The van der Waals surface area contributed by atoms with E-state index in [0.717, 1.165) is 11.8 Å².